The fourth-order valence-electron chi connectivity index (χ4n) is 0.184. The molecule has 0 aliphatic rings. The Morgan fingerprint density at radius 3 is 1.00 bits per heavy atom. The molecule has 12 heteroatoms. The highest BCUT2D eigenvalue weighted by Gasteiger charge is 2.45. The lowest BCUT2D eigenvalue weighted by atomic mass is 11.5. The molecule has 8 N–H and O–H groups in total. The van der Waals surface area contributed by atoms with E-state index in [-0.39, 0.29) is 0 Å². The molecule has 0 spiro atoms. The highest BCUT2D eigenvalue weighted by Crippen LogP contribution is 1.95. The lowest BCUT2D eigenvalue weighted by Crippen LogP contribution is -2.53. The Balaban J connectivity index is 0. The van der Waals surface area contributed by atoms with Gasteiger partial charge in [0.05, 0.1) is 0 Å². The molecule has 0 bridgehead atoms. The molecule has 80 valence electrons. The van der Waals surface area contributed by atoms with Crippen molar-refractivity contribution in [2.45, 2.75) is 0 Å². The van der Waals surface area contributed by atoms with E-state index in [2.05, 4.69) is 4.12 Å². The first-order valence-corrected chi connectivity index (χ1v) is 5.90. The normalized spacial score (nSPS) is 11.5. The molecule has 0 amide bonds. The maximum Gasteiger partial charge on any atom is 0.665 e. The molecule has 0 saturated carbocycles. The van der Waals surface area contributed by atoms with E-state index < -0.39 is 24.3 Å². The van der Waals surface area contributed by atoms with Crippen molar-refractivity contribution in [1.82, 2.24) is 0 Å². The number of rotatable bonds is 2. The van der Waals surface area contributed by atoms with Crippen LogP contribution in [0.1, 0.15) is 0 Å². The van der Waals surface area contributed by atoms with Crippen molar-refractivity contribution in [3.05, 3.63) is 0 Å². The molecule has 0 rings (SSSR count). The number of hydrogen-bond donors (Lipinski definition) is 8. The summed E-state index contributed by atoms with van der Waals surface area (Å²) in [5, 5.41) is 13.9. The Hall–Kier alpha value is -0.576. The van der Waals surface area contributed by atoms with Crippen molar-refractivity contribution in [3.63, 3.8) is 0 Å². The summed E-state index contributed by atoms with van der Waals surface area (Å²) in [6.07, 6.45) is -1.83. The van der Waals surface area contributed by atoms with Crippen LogP contribution in [0.25, 0.3) is 0 Å². The molecular weight excluding hydrogens is 228 g/mol. The minimum absolute atomic E-state index is 1.83. The Kier molecular flexibility index (Phi) is 5.99. The SMILES string of the molecule is O=C(O)O.O[Si](O)(O)O[Si](O)(O)O. The molecule has 0 aromatic heterocycles. The van der Waals surface area contributed by atoms with Crippen molar-refractivity contribution >= 4 is 24.3 Å². The maximum absolute atomic E-state index is 8.56. The lowest BCUT2D eigenvalue weighted by Gasteiger charge is -2.13. The molecule has 0 radical (unpaired) electrons. The molecule has 0 saturated heterocycles. The number of hydrogen-bond acceptors (Lipinski definition) is 8. The highest BCUT2D eigenvalue weighted by atomic mass is 28.5. The first-order chi connectivity index (χ1) is 5.44. The summed E-state index contributed by atoms with van der Waals surface area (Å²) in [5.41, 5.74) is 0. The van der Waals surface area contributed by atoms with Crippen LogP contribution >= 0.6 is 0 Å². The standard InChI is InChI=1S/CH2O3.H6O7Si2/c2-1(3)4;1-8(2,3)7-9(4,5)6/h(H2,2,3,4);1-6H. The van der Waals surface area contributed by atoms with Gasteiger partial charge in [0.2, 0.25) is 0 Å². The third-order valence-electron chi connectivity index (χ3n) is 0.274. The van der Waals surface area contributed by atoms with Crippen molar-refractivity contribution in [1.29, 1.82) is 0 Å². The third kappa shape index (κ3) is 34.5. The van der Waals surface area contributed by atoms with Crippen LogP contribution in [-0.4, -0.2) is 63.2 Å². The van der Waals surface area contributed by atoms with Crippen LogP contribution in [0.15, 0.2) is 0 Å². The molecule has 0 heterocycles. The molecule has 0 aromatic carbocycles. The molecule has 0 aliphatic heterocycles. The van der Waals surface area contributed by atoms with E-state index in [0.29, 0.717) is 0 Å². The van der Waals surface area contributed by atoms with E-state index in [1.54, 1.807) is 0 Å². The average Bonchev–Trinajstić information content (AvgIpc) is 1.47. The molecule has 13 heavy (non-hydrogen) atoms. The quantitative estimate of drug-likeness (QED) is 0.220. The topological polar surface area (TPSA) is 188 Å². The summed E-state index contributed by atoms with van der Waals surface area (Å²) < 4.78 is 3.24. The lowest BCUT2D eigenvalue weighted by molar-refractivity contribution is 0.0406. The van der Waals surface area contributed by atoms with Gasteiger partial charge in [-0.25, -0.2) is 4.79 Å². The molecule has 0 aliphatic carbocycles. The van der Waals surface area contributed by atoms with Crippen LogP contribution in [0.4, 0.5) is 4.79 Å². The van der Waals surface area contributed by atoms with E-state index in [1.165, 1.54) is 0 Å². The van der Waals surface area contributed by atoms with Crippen LogP contribution in [-0.2, 0) is 4.12 Å². The first-order valence-electron chi connectivity index (χ1n) is 2.40. The maximum atomic E-state index is 8.56. The Morgan fingerprint density at radius 1 is 0.846 bits per heavy atom. The van der Waals surface area contributed by atoms with Crippen molar-refractivity contribution in [3.8, 4) is 0 Å². The molecule has 0 fully saturated rings. The molecule has 10 nitrogen and oxygen atoms in total. The summed E-state index contributed by atoms with van der Waals surface area (Å²) >= 11 is 0. The second-order valence-corrected chi connectivity index (χ2v) is 4.64. The predicted octanol–water partition coefficient (Wildman–Crippen LogP) is -3.95. The summed E-state index contributed by atoms with van der Waals surface area (Å²) in [5.74, 6) is 0. The first kappa shape index (κ1) is 14.9. The fraction of sp³-hybridized carbons (Fsp3) is 0. The second-order valence-electron chi connectivity index (χ2n) is 1.53. The van der Waals surface area contributed by atoms with E-state index >= 15 is 0 Å². The fourth-order valence-corrected chi connectivity index (χ4v) is 1.65. The zero-order chi connectivity index (χ0) is 11.3. The van der Waals surface area contributed by atoms with Gasteiger partial charge in [0.15, 0.2) is 0 Å². The summed E-state index contributed by atoms with van der Waals surface area (Å²) in [7, 11) is -9.96. The van der Waals surface area contributed by atoms with Crippen LogP contribution in [0.5, 0.6) is 0 Å². The van der Waals surface area contributed by atoms with Gasteiger partial charge in [0, 0.05) is 0 Å². The summed E-state index contributed by atoms with van der Waals surface area (Å²) in [4.78, 5) is 56.2. The van der Waals surface area contributed by atoms with Gasteiger partial charge in [-0.15, -0.1) is 0 Å². The predicted molar refractivity (Wildman–Crippen MR) is 36.6 cm³/mol. The third-order valence-corrected chi connectivity index (χ3v) is 2.46. The van der Waals surface area contributed by atoms with E-state index in [9.17, 15) is 0 Å². The minimum Gasteiger partial charge on any atom is -0.450 e. The van der Waals surface area contributed by atoms with Crippen LogP contribution in [0.2, 0.25) is 0 Å². The van der Waals surface area contributed by atoms with Gasteiger partial charge in [-0.1, -0.05) is 0 Å². The monoisotopic (exact) mass is 236 g/mol. The van der Waals surface area contributed by atoms with Gasteiger partial charge < -0.3 is 43.1 Å². The smallest absolute Gasteiger partial charge is 0.450 e. The van der Waals surface area contributed by atoms with Gasteiger partial charge >= 0.3 is 24.3 Å². The van der Waals surface area contributed by atoms with Crippen molar-refractivity contribution in [2.75, 3.05) is 0 Å². The summed E-state index contributed by atoms with van der Waals surface area (Å²) in [6.45, 7) is 0. The number of carboxylic acid groups (broad SMARTS) is 2. The van der Waals surface area contributed by atoms with Crippen LogP contribution < -0.4 is 0 Å². The van der Waals surface area contributed by atoms with E-state index in [4.69, 9.17) is 43.8 Å². The number of carbonyl (C=O) groups is 1. The van der Waals surface area contributed by atoms with Gasteiger partial charge in [0.1, 0.15) is 0 Å². The van der Waals surface area contributed by atoms with Crippen LogP contribution in [0, 0.1) is 0 Å². The van der Waals surface area contributed by atoms with E-state index in [0.717, 1.165) is 0 Å². The largest absolute Gasteiger partial charge is 0.665 e. The molecule has 0 unspecified atom stereocenters. The average molecular weight is 236 g/mol. The van der Waals surface area contributed by atoms with Crippen molar-refractivity contribution < 1.29 is 47.9 Å². The summed E-state index contributed by atoms with van der Waals surface area (Å²) in [6, 6.07) is 0. The Morgan fingerprint density at radius 2 is 1.00 bits per heavy atom. The second kappa shape index (κ2) is 5.22. The van der Waals surface area contributed by atoms with Crippen molar-refractivity contribution in [2.24, 2.45) is 0 Å². The zero-order valence-electron chi connectivity index (χ0n) is 5.89. The molecular formula is CH8O10Si2. The van der Waals surface area contributed by atoms with Gasteiger partial charge in [-0.2, -0.15) is 0 Å². The Labute approximate surface area is 73.1 Å². The van der Waals surface area contributed by atoms with Gasteiger partial charge in [-0.3, -0.25) is 0 Å². The van der Waals surface area contributed by atoms with Gasteiger partial charge in [0.25, 0.3) is 0 Å². The Bertz CT molecular complexity index is 135. The highest BCUT2D eigenvalue weighted by molar-refractivity contribution is 6.63. The van der Waals surface area contributed by atoms with Gasteiger partial charge in [-0.05, 0) is 0 Å². The minimum atomic E-state index is -4.98. The van der Waals surface area contributed by atoms with E-state index in [1.807, 2.05) is 0 Å². The van der Waals surface area contributed by atoms with Crippen LogP contribution in [0.3, 0.4) is 0 Å². The zero-order valence-corrected chi connectivity index (χ0v) is 7.89. The molecule has 0 atom stereocenters. The molecule has 0 aromatic rings.